The molecule has 3 rings (SSSR count). The maximum Gasteiger partial charge on any atom is 0.167 e. The van der Waals surface area contributed by atoms with E-state index in [1.165, 1.54) is 17.4 Å². The van der Waals surface area contributed by atoms with Gasteiger partial charge in [0.1, 0.15) is 12.4 Å². The normalized spacial score (nSPS) is 10.7. The summed E-state index contributed by atoms with van der Waals surface area (Å²) in [6, 6.07) is 6.77. The Balaban J connectivity index is 1.70. The van der Waals surface area contributed by atoms with E-state index in [1.54, 1.807) is 17.7 Å². The molecule has 3 nitrogen and oxygen atoms in total. The number of hydrogen-bond acceptors (Lipinski definition) is 4. The second-order valence-electron chi connectivity index (χ2n) is 3.98. The Bertz CT molecular complexity index is 710. The molecule has 3 aromatic rings. The molecule has 0 bridgehead atoms. The van der Waals surface area contributed by atoms with Gasteiger partial charge in [0.05, 0.1) is 12.0 Å². The van der Waals surface area contributed by atoms with Crippen molar-refractivity contribution in [2.75, 3.05) is 0 Å². The second kappa shape index (κ2) is 5.42. The standard InChI is InChI=1S/C14H9F2NO2S/c15-9-3-4-12(11(16)6-9)19-7-10-8-20-14(17-10)13-2-1-5-18-13/h1-6,8H,7H2. The van der Waals surface area contributed by atoms with Gasteiger partial charge in [0.2, 0.25) is 0 Å². The fourth-order valence-corrected chi connectivity index (χ4v) is 2.40. The highest BCUT2D eigenvalue weighted by Gasteiger charge is 2.09. The smallest absolute Gasteiger partial charge is 0.167 e. The number of nitrogens with zero attached hydrogens (tertiary/aromatic N) is 1. The first-order chi connectivity index (χ1) is 9.72. The van der Waals surface area contributed by atoms with Crippen LogP contribution < -0.4 is 4.74 Å². The number of halogens is 2. The van der Waals surface area contributed by atoms with Gasteiger partial charge in [-0.3, -0.25) is 0 Å². The lowest BCUT2D eigenvalue weighted by Crippen LogP contribution is -1.98. The lowest BCUT2D eigenvalue weighted by Gasteiger charge is -2.05. The van der Waals surface area contributed by atoms with Gasteiger partial charge in [-0.1, -0.05) is 0 Å². The molecular weight excluding hydrogens is 284 g/mol. The van der Waals surface area contributed by atoms with Gasteiger partial charge in [0, 0.05) is 11.4 Å². The molecule has 0 spiro atoms. The number of benzene rings is 1. The van der Waals surface area contributed by atoms with E-state index < -0.39 is 11.6 Å². The highest BCUT2D eigenvalue weighted by atomic mass is 32.1. The van der Waals surface area contributed by atoms with Crippen LogP contribution in [0.1, 0.15) is 5.69 Å². The lowest BCUT2D eigenvalue weighted by atomic mass is 10.3. The van der Waals surface area contributed by atoms with Crippen molar-refractivity contribution in [3.05, 3.63) is 59.3 Å². The molecule has 1 aromatic carbocycles. The van der Waals surface area contributed by atoms with Gasteiger partial charge in [0.25, 0.3) is 0 Å². The monoisotopic (exact) mass is 293 g/mol. The fraction of sp³-hybridized carbons (Fsp3) is 0.0714. The minimum atomic E-state index is -0.730. The lowest BCUT2D eigenvalue weighted by molar-refractivity contribution is 0.286. The van der Waals surface area contributed by atoms with Gasteiger partial charge in [-0.05, 0) is 24.3 Å². The number of furan rings is 1. The molecule has 0 N–H and O–H groups in total. The third kappa shape index (κ3) is 2.70. The van der Waals surface area contributed by atoms with E-state index in [2.05, 4.69) is 4.98 Å². The van der Waals surface area contributed by atoms with Crippen molar-refractivity contribution in [2.45, 2.75) is 6.61 Å². The van der Waals surface area contributed by atoms with Crippen molar-refractivity contribution >= 4 is 11.3 Å². The van der Waals surface area contributed by atoms with Crippen molar-refractivity contribution in [3.63, 3.8) is 0 Å². The van der Waals surface area contributed by atoms with E-state index in [9.17, 15) is 8.78 Å². The summed E-state index contributed by atoms with van der Waals surface area (Å²) in [5.41, 5.74) is 0.658. The van der Waals surface area contributed by atoms with Crippen LogP contribution >= 0.6 is 11.3 Å². The summed E-state index contributed by atoms with van der Waals surface area (Å²) in [4.78, 5) is 4.32. The van der Waals surface area contributed by atoms with Crippen molar-refractivity contribution in [1.82, 2.24) is 4.98 Å². The predicted molar refractivity (Wildman–Crippen MR) is 70.5 cm³/mol. The van der Waals surface area contributed by atoms with E-state index in [4.69, 9.17) is 9.15 Å². The Labute approximate surface area is 117 Å². The van der Waals surface area contributed by atoms with Gasteiger partial charge in [-0.2, -0.15) is 0 Å². The molecule has 0 fully saturated rings. The molecule has 0 unspecified atom stereocenters. The zero-order chi connectivity index (χ0) is 13.9. The van der Waals surface area contributed by atoms with Gasteiger partial charge in [-0.15, -0.1) is 11.3 Å². The summed E-state index contributed by atoms with van der Waals surface area (Å²) < 4.78 is 36.7. The molecule has 0 saturated heterocycles. The largest absolute Gasteiger partial charge is 0.484 e. The van der Waals surface area contributed by atoms with Crippen LogP contribution in [0.4, 0.5) is 8.78 Å². The summed E-state index contributed by atoms with van der Waals surface area (Å²) in [5.74, 6) is -0.691. The second-order valence-corrected chi connectivity index (χ2v) is 4.84. The quantitative estimate of drug-likeness (QED) is 0.721. The van der Waals surface area contributed by atoms with Crippen molar-refractivity contribution in [1.29, 1.82) is 0 Å². The van der Waals surface area contributed by atoms with E-state index in [1.807, 2.05) is 6.07 Å². The number of rotatable bonds is 4. The number of aromatic nitrogens is 1. The van der Waals surface area contributed by atoms with Crippen molar-refractivity contribution in [2.24, 2.45) is 0 Å². The number of ether oxygens (including phenoxy) is 1. The third-order valence-electron chi connectivity index (χ3n) is 2.55. The molecule has 20 heavy (non-hydrogen) atoms. The summed E-state index contributed by atoms with van der Waals surface area (Å²) in [6.45, 7) is 0.111. The first kappa shape index (κ1) is 12.8. The zero-order valence-corrected chi connectivity index (χ0v) is 11.0. The summed E-state index contributed by atoms with van der Waals surface area (Å²) in [6.07, 6.45) is 1.57. The zero-order valence-electron chi connectivity index (χ0n) is 10.2. The first-order valence-electron chi connectivity index (χ1n) is 5.78. The van der Waals surface area contributed by atoms with Crippen LogP contribution in [0.5, 0.6) is 5.75 Å². The van der Waals surface area contributed by atoms with Crippen LogP contribution in [0.3, 0.4) is 0 Å². The van der Waals surface area contributed by atoms with Crippen LogP contribution in [0, 0.1) is 11.6 Å². The van der Waals surface area contributed by atoms with Crippen LogP contribution in [0.15, 0.2) is 46.4 Å². The van der Waals surface area contributed by atoms with Gasteiger partial charge in [-0.25, -0.2) is 13.8 Å². The molecule has 0 atom stereocenters. The Hall–Kier alpha value is -2.21. The molecule has 102 valence electrons. The minimum absolute atomic E-state index is 0.000974. The minimum Gasteiger partial charge on any atom is -0.484 e. The van der Waals surface area contributed by atoms with E-state index >= 15 is 0 Å². The summed E-state index contributed by atoms with van der Waals surface area (Å²) in [5, 5.41) is 2.53. The molecule has 6 heteroatoms. The molecule has 0 aliphatic carbocycles. The van der Waals surface area contributed by atoms with Crippen LogP contribution in [-0.2, 0) is 6.61 Å². The third-order valence-corrected chi connectivity index (χ3v) is 3.46. The Kier molecular flexibility index (Phi) is 3.47. The molecular formula is C14H9F2NO2S. The molecule has 0 aliphatic rings. The maximum atomic E-state index is 13.4. The highest BCUT2D eigenvalue weighted by molar-refractivity contribution is 7.13. The fourth-order valence-electron chi connectivity index (χ4n) is 1.63. The molecule has 0 saturated carbocycles. The Morgan fingerprint density at radius 2 is 2.15 bits per heavy atom. The molecule has 0 radical (unpaired) electrons. The maximum absolute atomic E-state index is 13.4. The highest BCUT2D eigenvalue weighted by Crippen LogP contribution is 2.25. The molecule has 2 heterocycles. The molecule has 0 aliphatic heterocycles. The van der Waals surface area contributed by atoms with Crippen LogP contribution in [0.25, 0.3) is 10.8 Å². The van der Waals surface area contributed by atoms with Crippen LogP contribution in [-0.4, -0.2) is 4.98 Å². The Morgan fingerprint density at radius 3 is 2.90 bits per heavy atom. The van der Waals surface area contributed by atoms with E-state index in [0.29, 0.717) is 11.5 Å². The summed E-state index contributed by atoms with van der Waals surface area (Å²) >= 11 is 1.41. The Morgan fingerprint density at radius 1 is 1.25 bits per heavy atom. The summed E-state index contributed by atoms with van der Waals surface area (Å²) in [7, 11) is 0. The van der Waals surface area contributed by atoms with Crippen molar-refractivity contribution < 1.29 is 17.9 Å². The predicted octanol–water partition coefficient (Wildman–Crippen LogP) is 4.26. The van der Waals surface area contributed by atoms with Gasteiger partial charge in [0.15, 0.2) is 22.3 Å². The SMILES string of the molecule is Fc1ccc(OCc2csc(-c3ccco3)n2)c(F)c1. The number of thiazole rings is 1. The average Bonchev–Trinajstić information content (AvgIpc) is 3.08. The van der Waals surface area contributed by atoms with E-state index in [0.717, 1.165) is 17.1 Å². The van der Waals surface area contributed by atoms with Gasteiger partial charge >= 0.3 is 0 Å². The topological polar surface area (TPSA) is 35.3 Å². The molecule has 2 aromatic heterocycles. The van der Waals surface area contributed by atoms with Crippen LogP contribution in [0.2, 0.25) is 0 Å². The van der Waals surface area contributed by atoms with Crippen molar-refractivity contribution in [3.8, 4) is 16.5 Å². The average molecular weight is 293 g/mol. The van der Waals surface area contributed by atoms with E-state index in [-0.39, 0.29) is 12.4 Å². The molecule has 0 amide bonds. The van der Waals surface area contributed by atoms with Gasteiger partial charge < -0.3 is 9.15 Å². The first-order valence-corrected chi connectivity index (χ1v) is 6.66. The number of hydrogen-bond donors (Lipinski definition) is 0.